The fraction of sp³-hybridized carbons (Fsp3) is 0.350. The SMILES string of the molecule is CCc1cc(C)c(OCc2c(SC(=O)OC)cccc2C(F)(F)F)cc1C. The molecule has 0 fully saturated rings. The number of ether oxygens (including phenoxy) is 2. The Labute approximate surface area is 160 Å². The highest BCUT2D eigenvalue weighted by atomic mass is 32.2. The molecule has 0 spiro atoms. The van der Waals surface area contributed by atoms with Gasteiger partial charge < -0.3 is 9.47 Å². The average Bonchev–Trinajstić information content (AvgIpc) is 2.61. The van der Waals surface area contributed by atoms with Crippen LogP contribution in [0.15, 0.2) is 35.2 Å². The predicted molar refractivity (Wildman–Crippen MR) is 99.3 cm³/mol. The number of methoxy groups -OCH3 is 1. The molecule has 0 amide bonds. The number of benzene rings is 2. The highest BCUT2D eigenvalue weighted by Crippen LogP contribution is 2.37. The topological polar surface area (TPSA) is 35.5 Å². The van der Waals surface area contributed by atoms with Gasteiger partial charge in [-0.3, -0.25) is 0 Å². The maximum Gasteiger partial charge on any atom is 0.416 e. The van der Waals surface area contributed by atoms with E-state index in [0.717, 1.165) is 29.2 Å². The molecule has 27 heavy (non-hydrogen) atoms. The summed E-state index contributed by atoms with van der Waals surface area (Å²) in [5, 5.41) is -0.685. The number of alkyl halides is 3. The van der Waals surface area contributed by atoms with E-state index >= 15 is 0 Å². The van der Waals surface area contributed by atoms with Crippen molar-refractivity contribution in [2.45, 2.75) is 44.9 Å². The number of hydrogen-bond acceptors (Lipinski definition) is 4. The first kappa shape index (κ1) is 21.2. The van der Waals surface area contributed by atoms with Gasteiger partial charge in [0.1, 0.15) is 12.4 Å². The van der Waals surface area contributed by atoms with Crippen LogP contribution < -0.4 is 4.74 Å². The Morgan fingerprint density at radius 3 is 2.44 bits per heavy atom. The lowest BCUT2D eigenvalue weighted by molar-refractivity contribution is -0.138. The van der Waals surface area contributed by atoms with E-state index in [1.165, 1.54) is 19.2 Å². The van der Waals surface area contributed by atoms with Crippen molar-refractivity contribution in [2.75, 3.05) is 7.11 Å². The highest BCUT2D eigenvalue weighted by molar-refractivity contribution is 8.13. The van der Waals surface area contributed by atoms with Crippen molar-refractivity contribution in [1.82, 2.24) is 0 Å². The molecule has 0 aromatic heterocycles. The number of carbonyl (C=O) groups is 1. The monoisotopic (exact) mass is 398 g/mol. The molecule has 146 valence electrons. The number of thioether (sulfide) groups is 1. The molecule has 3 nitrogen and oxygen atoms in total. The molecule has 7 heteroatoms. The summed E-state index contributed by atoms with van der Waals surface area (Å²) in [6, 6.07) is 7.51. The largest absolute Gasteiger partial charge is 0.489 e. The molecule has 0 heterocycles. The van der Waals surface area contributed by atoms with E-state index in [9.17, 15) is 18.0 Å². The Kier molecular flexibility index (Phi) is 6.81. The number of rotatable bonds is 5. The Morgan fingerprint density at radius 2 is 1.85 bits per heavy atom. The van der Waals surface area contributed by atoms with Crippen LogP contribution in [0.4, 0.5) is 18.0 Å². The summed E-state index contributed by atoms with van der Waals surface area (Å²) >= 11 is 0.608. The third kappa shape index (κ3) is 5.19. The van der Waals surface area contributed by atoms with E-state index in [-0.39, 0.29) is 17.1 Å². The van der Waals surface area contributed by atoms with Gasteiger partial charge in [0.15, 0.2) is 0 Å². The van der Waals surface area contributed by atoms with Crippen LogP contribution >= 0.6 is 11.8 Å². The minimum absolute atomic E-state index is 0.0861. The first-order valence-electron chi connectivity index (χ1n) is 8.35. The number of aryl methyl sites for hydroxylation is 3. The lowest BCUT2D eigenvalue weighted by Gasteiger charge is -2.18. The Morgan fingerprint density at radius 1 is 1.15 bits per heavy atom. The van der Waals surface area contributed by atoms with Crippen LogP contribution in [-0.4, -0.2) is 12.4 Å². The van der Waals surface area contributed by atoms with Crippen LogP contribution in [0.3, 0.4) is 0 Å². The number of hydrogen-bond donors (Lipinski definition) is 0. The Balaban J connectivity index is 2.39. The van der Waals surface area contributed by atoms with Crippen molar-refractivity contribution in [1.29, 1.82) is 0 Å². The summed E-state index contributed by atoms with van der Waals surface area (Å²) in [6.07, 6.45) is -3.69. The maximum atomic E-state index is 13.4. The lowest BCUT2D eigenvalue weighted by atomic mass is 10.0. The first-order chi connectivity index (χ1) is 12.7. The summed E-state index contributed by atoms with van der Waals surface area (Å²) in [5.74, 6) is 0.524. The first-order valence-corrected chi connectivity index (χ1v) is 9.16. The fourth-order valence-corrected chi connectivity index (χ4v) is 3.44. The van der Waals surface area contributed by atoms with Gasteiger partial charge in [0.05, 0.1) is 12.7 Å². The predicted octanol–water partition coefficient (Wildman–Crippen LogP) is 6.32. The van der Waals surface area contributed by atoms with Gasteiger partial charge in [0, 0.05) is 10.5 Å². The van der Waals surface area contributed by atoms with Crippen LogP contribution in [0.25, 0.3) is 0 Å². The molecule has 0 atom stereocenters. The summed E-state index contributed by atoms with van der Waals surface area (Å²) < 4.78 is 50.6. The van der Waals surface area contributed by atoms with Gasteiger partial charge >= 0.3 is 11.5 Å². The molecular weight excluding hydrogens is 377 g/mol. The molecule has 0 saturated carbocycles. The highest BCUT2D eigenvalue weighted by Gasteiger charge is 2.34. The van der Waals surface area contributed by atoms with Crippen LogP contribution in [-0.2, 0) is 23.9 Å². The molecular formula is C20H21F3O3S. The van der Waals surface area contributed by atoms with Gasteiger partial charge in [0.25, 0.3) is 0 Å². The lowest BCUT2D eigenvalue weighted by Crippen LogP contribution is -2.13. The zero-order chi connectivity index (χ0) is 20.2. The zero-order valence-electron chi connectivity index (χ0n) is 15.6. The van der Waals surface area contributed by atoms with E-state index in [4.69, 9.17) is 4.74 Å². The van der Waals surface area contributed by atoms with E-state index in [0.29, 0.717) is 17.5 Å². The number of carbonyl (C=O) groups excluding carboxylic acids is 1. The van der Waals surface area contributed by atoms with Gasteiger partial charge in [-0.15, -0.1) is 0 Å². The molecule has 0 unspecified atom stereocenters. The second-order valence-corrected chi connectivity index (χ2v) is 7.00. The molecule has 0 saturated heterocycles. The quantitative estimate of drug-likeness (QED) is 0.436. The summed E-state index contributed by atoms with van der Waals surface area (Å²) in [5.41, 5.74) is 2.13. The van der Waals surface area contributed by atoms with Crippen molar-refractivity contribution in [3.05, 3.63) is 58.1 Å². The van der Waals surface area contributed by atoms with Gasteiger partial charge in [0.2, 0.25) is 0 Å². The van der Waals surface area contributed by atoms with Crippen LogP contribution in [0, 0.1) is 13.8 Å². The molecule has 0 aliphatic rings. The molecule has 0 radical (unpaired) electrons. The maximum absolute atomic E-state index is 13.4. The molecule has 2 rings (SSSR count). The second-order valence-electron chi connectivity index (χ2n) is 6.02. The van der Waals surface area contributed by atoms with Gasteiger partial charge in [-0.05, 0) is 66.9 Å². The van der Waals surface area contributed by atoms with Gasteiger partial charge in [-0.25, -0.2) is 4.79 Å². The third-order valence-corrected chi connectivity index (χ3v) is 5.12. The van der Waals surface area contributed by atoms with Crippen molar-refractivity contribution >= 4 is 17.1 Å². The standard InChI is InChI=1S/C20H21F3O3S/c1-5-14-9-13(3)17(10-12(14)2)26-11-15-16(20(21,22)23)7-6-8-18(15)27-19(24)25-4/h6-10H,5,11H2,1-4H3. The molecule has 0 N–H and O–H groups in total. The van der Waals surface area contributed by atoms with Crippen LogP contribution in [0.1, 0.15) is 34.7 Å². The number of halogens is 3. The van der Waals surface area contributed by atoms with E-state index < -0.39 is 17.0 Å². The average molecular weight is 398 g/mol. The Bertz CT molecular complexity index is 832. The minimum Gasteiger partial charge on any atom is -0.489 e. The minimum atomic E-state index is -4.55. The van der Waals surface area contributed by atoms with Crippen molar-refractivity contribution < 1.29 is 27.4 Å². The molecule has 2 aromatic rings. The van der Waals surface area contributed by atoms with Crippen molar-refractivity contribution in [2.24, 2.45) is 0 Å². The molecule has 0 aliphatic carbocycles. The van der Waals surface area contributed by atoms with E-state index in [1.54, 1.807) is 0 Å². The van der Waals surface area contributed by atoms with Crippen LogP contribution in [0.2, 0.25) is 0 Å². The van der Waals surface area contributed by atoms with Crippen molar-refractivity contribution in [3.63, 3.8) is 0 Å². The van der Waals surface area contributed by atoms with Gasteiger partial charge in [-0.2, -0.15) is 13.2 Å². The Hall–Kier alpha value is -2.15. The second kappa shape index (κ2) is 8.69. The molecule has 0 bridgehead atoms. The summed E-state index contributed by atoms with van der Waals surface area (Å²) in [7, 11) is 1.18. The van der Waals surface area contributed by atoms with E-state index in [1.807, 2.05) is 32.9 Å². The fourth-order valence-electron chi connectivity index (χ4n) is 2.74. The van der Waals surface area contributed by atoms with Crippen molar-refractivity contribution in [3.8, 4) is 5.75 Å². The van der Waals surface area contributed by atoms with Gasteiger partial charge in [-0.1, -0.05) is 19.1 Å². The zero-order valence-corrected chi connectivity index (χ0v) is 16.4. The van der Waals surface area contributed by atoms with Crippen LogP contribution in [0.5, 0.6) is 5.75 Å². The summed E-state index contributed by atoms with van der Waals surface area (Å²) in [4.78, 5) is 11.7. The third-order valence-electron chi connectivity index (χ3n) is 4.18. The normalized spacial score (nSPS) is 11.4. The molecule has 0 aliphatic heterocycles. The smallest absolute Gasteiger partial charge is 0.416 e. The van der Waals surface area contributed by atoms with E-state index in [2.05, 4.69) is 4.74 Å². The molecule has 2 aromatic carbocycles. The summed E-state index contributed by atoms with van der Waals surface area (Å²) in [6.45, 7) is 5.53.